The first-order valence-corrected chi connectivity index (χ1v) is 9.37. The van der Waals surface area contributed by atoms with Gasteiger partial charge in [-0.3, -0.25) is 9.59 Å². The summed E-state index contributed by atoms with van der Waals surface area (Å²) in [5.41, 5.74) is 5.92. The van der Waals surface area contributed by atoms with Crippen LogP contribution in [0, 0.1) is 5.41 Å². The molecule has 0 aromatic carbocycles. The molecule has 7 nitrogen and oxygen atoms in total. The Morgan fingerprint density at radius 3 is 2.84 bits per heavy atom. The maximum atomic E-state index is 12.5. The fraction of sp³-hybridized carbons (Fsp3) is 0.722. The van der Waals surface area contributed by atoms with Gasteiger partial charge < -0.3 is 20.5 Å². The highest BCUT2D eigenvalue weighted by Gasteiger charge is 2.53. The standard InChI is InChI=1S/C18H26N4O3/c19-8-1-2-16(23)22-9-5-15(18(11-22)6-7-18)20-17(24)13-10-14(25-21-13)12-3-4-12/h10,12,15H,1-9,11,19H2,(H,20,24). The number of carbonyl (C=O) groups excluding carboxylic acids is 2. The van der Waals surface area contributed by atoms with E-state index in [1.54, 1.807) is 6.07 Å². The number of amides is 2. The first-order chi connectivity index (χ1) is 12.1. The van der Waals surface area contributed by atoms with Gasteiger partial charge in [0.15, 0.2) is 5.69 Å². The van der Waals surface area contributed by atoms with E-state index in [0.29, 0.717) is 31.1 Å². The average molecular weight is 346 g/mol. The topological polar surface area (TPSA) is 101 Å². The molecule has 1 aromatic heterocycles. The van der Waals surface area contributed by atoms with Crippen molar-refractivity contribution in [1.29, 1.82) is 0 Å². The second kappa shape index (κ2) is 6.44. The van der Waals surface area contributed by atoms with Crippen molar-refractivity contribution in [3.63, 3.8) is 0 Å². The Hall–Kier alpha value is -1.89. The van der Waals surface area contributed by atoms with Gasteiger partial charge in [-0.25, -0.2) is 0 Å². The summed E-state index contributed by atoms with van der Waals surface area (Å²) in [4.78, 5) is 26.7. The number of rotatable bonds is 6. The summed E-state index contributed by atoms with van der Waals surface area (Å²) >= 11 is 0. The van der Waals surface area contributed by atoms with E-state index in [1.165, 1.54) is 0 Å². The molecule has 2 amide bonds. The summed E-state index contributed by atoms with van der Waals surface area (Å²) in [6, 6.07) is 1.89. The highest BCUT2D eigenvalue weighted by Crippen LogP contribution is 2.52. The van der Waals surface area contributed by atoms with E-state index in [1.807, 2.05) is 4.90 Å². The van der Waals surface area contributed by atoms with Gasteiger partial charge in [-0.05, 0) is 45.1 Å². The van der Waals surface area contributed by atoms with Gasteiger partial charge in [0.2, 0.25) is 5.91 Å². The van der Waals surface area contributed by atoms with E-state index in [4.69, 9.17) is 10.3 Å². The monoisotopic (exact) mass is 346 g/mol. The summed E-state index contributed by atoms with van der Waals surface area (Å²) in [5, 5.41) is 7.07. The fourth-order valence-corrected chi connectivity index (χ4v) is 3.87. The number of nitrogens with one attached hydrogen (secondary N) is 1. The molecule has 0 radical (unpaired) electrons. The van der Waals surface area contributed by atoms with E-state index in [-0.39, 0.29) is 23.3 Å². The zero-order valence-electron chi connectivity index (χ0n) is 14.5. The Labute approximate surface area is 147 Å². The molecule has 3 N–H and O–H groups in total. The number of nitrogens with two attached hydrogens (primary N) is 1. The summed E-state index contributed by atoms with van der Waals surface area (Å²) in [5.74, 6) is 1.31. The first kappa shape index (κ1) is 16.6. The molecule has 0 bridgehead atoms. The van der Waals surface area contributed by atoms with Crippen LogP contribution in [0.4, 0.5) is 0 Å². The third kappa shape index (κ3) is 3.42. The molecular formula is C18H26N4O3. The zero-order chi connectivity index (χ0) is 17.4. The van der Waals surface area contributed by atoms with Crippen molar-refractivity contribution in [1.82, 2.24) is 15.4 Å². The van der Waals surface area contributed by atoms with Crippen LogP contribution in [0.5, 0.6) is 0 Å². The van der Waals surface area contributed by atoms with Crippen molar-refractivity contribution < 1.29 is 14.1 Å². The molecule has 2 heterocycles. The van der Waals surface area contributed by atoms with Crippen molar-refractivity contribution in [2.24, 2.45) is 11.1 Å². The van der Waals surface area contributed by atoms with Crippen molar-refractivity contribution in [3.8, 4) is 0 Å². The third-order valence-electron chi connectivity index (χ3n) is 5.82. The van der Waals surface area contributed by atoms with Crippen LogP contribution >= 0.6 is 0 Å². The van der Waals surface area contributed by atoms with Gasteiger partial charge >= 0.3 is 0 Å². The average Bonchev–Trinajstić information content (AvgIpc) is 3.55. The molecule has 4 rings (SSSR count). The van der Waals surface area contributed by atoms with Crippen molar-refractivity contribution >= 4 is 11.8 Å². The Balaban J connectivity index is 1.35. The van der Waals surface area contributed by atoms with Crippen LogP contribution in [0.2, 0.25) is 0 Å². The molecular weight excluding hydrogens is 320 g/mol. The highest BCUT2D eigenvalue weighted by molar-refractivity contribution is 5.92. The van der Waals surface area contributed by atoms with Crippen molar-refractivity contribution in [3.05, 3.63) is 17.5 Å². The molecule has 2 aliphatic carbocycles. The Morgan fingerprint density at radius 1 is 1.36 bits per heavy atom. The predicted octanol–water partition coefficient (Wildman–Crippen LogP) is 1.40. The molecule has 3 fully saturated rings. The summed E-state index contributed by atoms with van der Waals surface area (Å²) in [7, 11) is 0. The second-order valence-electron chi connectivity index (χ2n) is 7.77. The van der Waals surface area contributed by atoms with Crippen LogP contribution in [-0.4, -0.2) is 47.5 Å². The SMILES string of the molecule is NCCCC(=O)N1CCC(NC(=O)c2cc(C3CC3)on2)C2(CC2)C1. The Morgan fingerprint density at radius 2 is 2.16 bits per heavy atom. The van der Waals surface area contributed by atoms with Crippen LogP contribution in [0.15, 0.2) is 10.6 Å². The molecule has 7 heteroatoms. The van der Waals surface area contributed by atoms with Gasteiger partial charge in [-0.2, -0.15) is 0 Å². The highest BCUT2D eigenvalue weighted by atomic mass is 16.5. The third-order valence-corrected chi connectivity index (χ3v) is 5.82. The lowest BCUT2D eigenvalue weighted by Gasteiger charge is -2.39. The lowest BCUT2D eigenvalue weighted by molar-refractivity contribution is -0.133. The molecule has 1 aromatic rings. The van der Waals surface area contributed by atoms with Crippen molar-refractivity contribution in [2.45, 2.75) is 56.9 Å². The van der Waals surface area contributed by atoms with Crippen LogP contribution in [0.1, 0.15) is 67.1 Å². The fourth-order valence-electron chi connectivity index (χ4n) is 3.87. The van der Waals surface area contributed by atoms with E-state index >= 15 is 0 Å². The largest absolute Gasteiger partial charge is 0.360 e. The van der Waals surface area contributed by atoms with Gasteiger partial charge in [0.25, 0.3) is 5.91 Å². The van der Waals surface area contributed by atoms with E-state index in [9.17, 15) is 9.59 Å². The smallest absolute Gasteiger partial charge is 0.273 e. The maximum absolute atomic E-state index is 12.5. The maximum Gasteiger partial charge on any atom is 0.273 e. The molecule has 136 valence electrons. The van der Waals surface area contributed by atoms with Gasteiger partial charge in [0, 0.05) is 43.0 Å². The number of piperidine rings is 1. The predicted molar refractivity (Wildman–Crippen MR) is 90.9 cm³/mol. The summed E-state index contributed by atoms with van der Waals surface area (Å²) in [6.07, 6.45) is 6.42. The second-order valence-corrected chi connectivity index (χ2v) is 7.77. The molecule has 1 aliphatic heterocycles. The lowest BCUT2D eigenvalue weighted by Crippen LogP contribution is -2.53. The van der Waals surface area contributed by atoms with E-state index in [2.05, 4.69) is 10.5 Å². The van der Waals surface area contributed by atoms with Gasteiger partial charge in [-0.1, -0.05) is 5.16 Å². The molecule has 1 atom stereocenters. The van der Waals surface area contributed by atoms with Crippen LogP contribution in [0.25, 0.3) is 0 Å². The number of aromatic nitrogens is 1. The molecule has 25 heavy (non-hydrogen) atoms. The molecule has 3 aliphatic rings. The van der Waals surface area contributed by atoms with Gasteiger partial charge in [-0.15, -0.1) is 0 Å². The quantitative estimate of drug-likeness (QED) is 0.811. The molecule has 2 saturated carbocycles. The minimum absolute atomic E-state index is 0.0509. The zero-order valence-corrected chi connectivity index (χ0v) is 14.5. The lowest BCUT2D eigenvalue weighted by atomic mass is 9.88. The summed E-state index contributed by atoms with van der Waals surface area (Å²) in [6.45, 7) is 1.99. The first-order valence-electron chi connectivity index (χ1n) is 9.37. The minimum atomic E-state index is -0.158. The van der Waals surface area contributed by atoms with E-state index < -0.39 is 0 Å². The number of nitrogens with zero attached hydrogens (tertiary/aromatic N) is 2. The number of hydrogen-bond acceptors (Lipinski definition) is 5. The summed E-state index contributed by atoms with van der Waals surface area (Å²) < 4.78 is 5.28. The molecule has 1 unspecified atom stereocenters. The van der Waals surface area contributed by atoms with Gasteiger partial charge in [0.05, 0.1) is 0 Å². The number of likely N-dealkylation sites (tertiary alicyclic amines) is 1. The molecule has 1 saturated heterocycles. The number of carbonyl (C=O) groups is 2. The Bertz CT molecular complexity index is 663. The van der Waals surface area contributed by atoms with Crippen LogP contribution in [-0.2, 0) is 4.79 Å². The van der Waals surface area contributed by atoms with Crippen molar-refractivity contribution in [2.75, 3.05) is 19.6 Å². The molecule has 1 spiro atoms. The van der Waals surface area contributed by atoms with Crippen LogP contribution in [0.3, 0.4) is 0 Å². The van der Waals surface area contributed by atoms with E-state index in [0.717, 1.165) is 50.8 Å². The normalized spacial score (nSPS) is 24.4. The Kier molecular flexibility index (Phi) is 4.27. The van der Waals surface area contributed by atoms with Gasteiger partial charge in [0.1, 0.15) is 5.76 Å². The minimum Gasteiger partial charge on any atom is -0.360 e. The number of hydrogen-bond donors (Lipinski definition) is 2. The van der Waals surface area contributed by atoms with Crippen LogP contribution < -0.4 is 11.1 Å².